The summed E-state index contributed by atoms with van der Waals surface area (Å²) in [5.41, 5.74) is 3.59. The zero-order valence-corrected chi connectivity index (χ0v) is 18.4. The Hall–Kier alpha value is -2.74. The fraction of sp³-hybridized carbons (Fsp3) is 0.565. The van der Waals surface area contributed by atoms with Crippen molar-refractivity contribution in [3.8, 4) is 17.1 Å². The summed E-state index contributed by atoms with van der Waals surface area (Å²) in [6.07, 6.45) is 8.01. The number of hydrogen-bond donors (Lipinski definition) is 0. The van der Waals surface area contributed by atoms with Crippen molar-refractivity contribution in [2.45, 2.75) is 58.1 Å². The van der Waals surface area contributed by atoms with Crippen LogP contribution >= 0.6 is 0 Å². The Morgan fingerprint density at radius 1 is 1.19 bits per heavy atom. The highest BCUT2D eigenvalue weighted by atomic mass is 16.5. The molecule has 0 amide bonds. The van der Waals surface area contributed by atoms with Crippen LogP contribution in [0.2, 0.25) is 0 Å². The predicted octanol–water partition coefficient (Wildman–Crippen LogP) is 3.63. The number of aromatic nitrogens is 5. The summed E-state index contributed by atoms with van der Waals surface area (Å²) in [5, 5.41) is 10.3. The van der Waals surface area contributed by atoms with E-state index in [1.54, 1.807) is 4.68 Å². The number of aryl methyl sites for hydroxylation is 2. The van der Waals surface area contributed by atoms with E-state index < -0.39 is 0 Å². The van der Waals surface area contributed by atoms with Crippen molar-refractivity contribution in [3.63, 3.8) is 0 Å². The molecule has 8 heteroatoms. The summed E-state index contributed by atoms with van der Waals surface area (Å²) < 4.78 is 15.7. The molecular formula is C23H29N5O3. The summed E-state index contributed by atoms with van der Waals surface area (Å²) in [4.78, 5) is 16.6. The molecule has 1 aliphatic carbocycles. The first-order chi connectivity index (χ1) is 15.0. The molecule has 2 aliphatic rings. The monoisotopic (exact) mass is 423 g/mol. The first-order valence-electron chi connectivity index (χ1n) is 11.1. The van der Waals surface area contributed by atoms with Crippen molar-refractivity contribution in [2.24, 2.45) is 13.0 Å². The minimum absolute atomic E-state index is 0.0799. The first-order valence-corrected chi connectivity index (χ1v) is 11.1. The number of carbonyl (C=O) groups is 1. The molecule has 0 spiro atoms. The van der Waals surface area contributed by atoms with Gasteiger partial charge in [-0.1, -0.05) is 0 Å². The maximum Gasteiger partial charge on any atom is 0.225 e. The minimum atomic E-state index is -0.0799. The van der Waals surface area contributed by atoms with E-state index in [-0.39, 0.29) is 12.0 Å². The summed E-state index contributed by atoms with van der Waals surface area (Å²) in [6, 6.07) is 2.36. The van der Waals surface area contributed by atoms with E-state index in [1.807, 2.05) is 33.2 Å². The van der Waals surface area contributed by atoms with Gasteiger partial charge < -0.3 is 9.47 Å². The smallest absolute Gasteiger partial charge is 0.225 e. The third-order valence-electron chi connectivity index (χ3n) is 6.59. The van der Waals surface area contributed by atoms with Gasteiger partial charge in [-0.2, -0.15) is 10.2 Å². The van der Waals surface area contributed by atoms with Crippen LogP contribution in [0.15, 0.2) is 18.5 Å². The Kier molecular flexibility index (Phi) is 5.25. The number of Topliss-reactive ketones (excluding diaryl/α,β-unsaturated/α-hetero) is 1. The number of nitrogens with zero attached hydrogens (tertiary/aromatic N) is 5. The van der Waals surface area contributed by atoms with Gasteiger partial charge in [-0.05, 0) is 39.2 Å². The zero-order chi connectivity index (χ0) is 21.5. The molecule has 2 fully saturated rings. The maximum absolute atomic E-state index is 11.7. The fourth-order valence-electron chi connectivity index (χ4n) is 4.72. The Bertz CT molecular complexity index is 1110. The SMILES string of the molecule is Cc1nn(C2CCOCC2)cc1-c1cc2nn(C)cc2c(O[C@H](C)[C@H]2CCC(=O)C2)n1. The zero-order valence-electron chi connectivity index (χ0n) is 18.4. The topological polar surface area (TPSA) is 84.1 Å². The summed E-state index contributed by atoms with van der Waals surface area (Å²) >= 11 is 0. The molecular weight excluding hydrogens is 394 g/mol. The van der Waals surface area contributed by atoms with Gasteiger partial charge in [0.2, 0.25) is 5.88 Å². The van der Waals surface area contributed by atoms with Gasteiger partial charge in [0.15, 0.2) is 0 Å². The van der Waals surface area contributed by atoms with Crippen LogP contribution < -0.4 is 4.74 Å². The average molecular weight is 424 g/mol. The van der Waals surface area contributed by atoms with Gasteiger partial charge in [0.05, 0.1) is 28.3 Å². The number of ether oxygens (including phenoxy) is 2. The lowest BCUT2D eigenvalue weighted by atomic mass is 10.0. The third kappa shape index (κ3) is 3.96. The van der Waals surface area contributed by atoms with Crippen LogP contribution in [0, 0.1) is 12.8 Å². The van der Waals surface area contributed by atoms with Crippen LogP contribution in [-0.2, 0) is 16.6 Å². The van der Waals surface area contributed by atoms with Crippen LogP contribution in [0.4, 0.5) is 0 Å². The molecule has 1 aliphatic heterocycles. The highest BCUT2D eigenvalue weighted by Gasteiger charge is 2.29. The minimum Gasteiger partial charge on any atom is -0.474 e. The molecule has 3 aromatic rings. The van der Waals surface area contributed by atoms with E-state index in [2.05, 4.69) is 16.0 Å². The molecule has 4 heterocycles. The molecule has 5 rings (SSSR count). The quantitative estimate of drug-likeness (QED) is 0.623. The number of ketones is 1. The van der Waals surface area contributed by atoms with E-state index in [1.165, 1.54) is 0 Å². The molecule has 1 saturated carbocycles. The normalized spacial score (nSPS) is 21.1. The second-order valence-electron chi connectivity index (χ2n) is 8.86. The second kappa shape index (κ2) is 8.07. The lowest BCUT2D eigenvalue weighted by molar-refractivity contribution is -0.117. The molecule has 31 heavy (non-hydrogen) atoms. The van der Waals surface area contributed by atoms with Crippen LogP contribution in [0.25, 0.3) is 22.2 Å². The van der Waals surface area contributed by atoms with E-state index in [9.17, 15) is 4.79 Å². The Balaban J connectivity index is 1.49. The van der Waals surface area contributed by atoms with E-state index >= 15 is 0 Å². The molecule has 0 bridgehead atoms. The van der Waals surface area contributed by atoms with Crippen molar-refractivity contribution >= 4 is 16.7 Å². The summed E-state index contributed by atoms with van der Waals surface area (Å²) in [5.74, 6) is 1.14. The number of fused-ring (bicyclic) bond motifs is 1. The summed E-state index contributed by atoms with van der Waals surface area (Å²) in [6.45, 7) is 5.60. The second-order valence-corrected chi connectivity index (χ2v) is 8.86. The number of pyridine rings is 1. The largest absolute Gasteiger partial charge is 0.474 e. The molecule has 1 saturated heterocycles. The van der Waals surface area contributed by atoms with Crippen molar-refractivity contribution in [3.05, 3.63) is 24.2 Å². The van der Waals surface area contributed by atoms with E-state index in [4.69, 9.17) is 19.6 Å². The van der Waals surface area contributed by atoms with Crippen LogP contribution in [0.1, 0.15) is 50.8 Å². The fourth-order valence-corrected chi connectivity index (χ4v) is 4.72. The number of rotatable bonds is 5. The van der Waals surface area contributed by atoms with E-state index in [0.29, 0.717) is 30.5 Å². The molecule has 0 N–H and O–H groups in total. The standard InChI is InChI=1S/C23H29N5O3/c1-14-19(13-28(25-14)17-6-8-30-9-7-17)21-11-22-20(12-27(3)26-22)23(24-21)31-15(2)16-4-5-18(29)10-16/h11-13,15-17H,4-10H2,1-3H3/t15-,16+/m1/s1. The van der Waals surface area contributed by atoms with Gasteiger partial charge in [0, 0.05) is 57.0 Å². The van der Waals surface area contributed by atoms with Crippen molar-refractivity contribution < 1.29 is 14.3 Å². The highest BCUT2D eigenvalue weighted by Crippen LogP contribution is 2.34. The molecule has 0 aromatic carbocycles. The van der Waals surface area contributed by atoms with Gasteiger partial charge in [-0.3, -0.25) is 14.2 Å². The molecule has 164 valence electrons. The van der Waals surface area contributed by atoms with Gasteiger partial charge in [0.25, 0.3) is 0 Å². The molecule has 0 radical (unpaired) electrons. The molecule has 8 nitrogen and oxygen atoms in total. The third-order valence-corrected chi connectivity index (χ3v) is 6.59. The average Bonchev–Trinajstić information content (AvgIpc) is 3.46. The van der Waals surface area contributed by atoms with Crippen LogP contribution in [-0.4, -0.2) is 49.6 Å². The highest BCUT2D eigenvalue weighted by molar-refractivity contribution is 5.87. The molecule has 3 aromatic heterocycles. The van der Waals surface area contributed by atoms with Gasteiger partial charge >= 0.3 is 0 Å². The van der Waals surface area contributed by atoms with Gasteiger partial charge in [-0.15, -0.1) is 0 Å². The number of carbonyl (C=O) groups excluding carboxylic acids is 1. The van der Waals surface area contributed by atoms with Crippen molar-refractivity contribution in [1.29, 1.82) is 0 Å². The Morgan fingerprint density at radius 3 is 2.74 bits per heavy atom. The molecule has 2 atom stereocenters. The lowest BCUT2D eigenvalue weighted by Gasteiger charge is -2.22. The van der Waals surface area contributed by atoms with Crippen LogP contribution in [0.5, 0.6) is 5.88 Å². The Morgan fingerprint density at radius 2 is 2.00 bits per heavy atom. The Labute approximate surface area is 181 Å². The predicted molar refractivity (Wildman–Crippen MR) is 116 cm³/mol. The molecule has 0 unspecified atom stereocenters. The van der Waals surface area contributed by atoms with Crippen molar-refractivity contribution in [2.75, 3.05) is 13.2 Å². The van der Waals surface area contributed by atoms with Crippen LogP contribution in [0.3, 0.4) is 0 Å². The van der Waals surface area contributed by atoms with Gasteiger partial charge in [-0.25, -0.2) is 4.98 Å². The van der Waals surface area contributed by atoms with E-state index in [0.717, 1.165) is 60.3 Å². The maximum atomic E-state index is 11.7. The summed E-state index contributed by atoms with van der Waals surface area (Å²) in [7, 11) is 1.90. The first kappa shape index (κ1) is 20.2. The number of hydrogen-bond acceptors (Lipinski definition) is 6. The van der Waals surface area contributed by atoms with Crippen molar-refractivity contribution in [1.82, 2.24) is 24.5 Å². The lowest BCUT2D eigenvalue weighted by Crippen LogP contribution is -2.22. The van der Waals surface area contributed by atoms with Gasteiger partial charge in [0.1, 0.15) is 11.9 Å².